The molecule has 0 saturated carbocycles. The SMILES string of the molecule is C.CNc1cccc2cc([C@H](C)NC(=O)c3c(C)nn4cccnc34)n(-c3ccccc3)c(=O)c12.COc1cccc2c(Br)c([C@H](C)NC(=O)c3c(C)nn4cccnc34)n(-c3ccccc3)c(=O)c12.Cc1nn2cccnc2c1C(=O)N[C@@H](C)c1cc2cccc(-c3ccn[nH]3)c2c(=O)n1-c1ccccc1.Cc1nn2cccnc2c1C(=O)N[C@@H](C)c1cc2cccc(-c3cnn(C)c3)c2c(=O)n1-c1ccccc1. The van der Waals surface area contributed by atoms with Crippen LogP contribution in [0.1, 0.15) is 146 Å². The Morgan fingerprint density at radius 2 is 0.745 bits per heavy atom. The van der Waals surface area contributed by atoms with Gasteiger partial charge in [0.05, 0.1) is 93.2 Å². The number of benzene rings is 8. The van der Waals surface area contributed by atoms with Crippen LogP contribution in [0.15, 0.2) is 334 Å². The maximum absolute atomic E-state index is 14.2. The molecule has 0 unspecified atom stereocenters. The molecule has 0 aliphatic carbocycles. The Kier molecular flexibility index (Phi) is 27.4. The number of rotatable bonds is 20. The lowest BCUT2D eigenvalue weighted by Crippen LogP contribution is -2.33. The monoisotopic (exact) mass is 1990 g/mol. The summed E-state index contributed by atoms with van der Waals surface area (Å²) in [5.41, 5.74) is 14.5. The zero-order valence-electron chi connectivity index (χ0n) is 79.8. The van der Waals surface area contributed by atoms with Crippen molar-refractivity contribution >= 4 is 111 Å². The van der Waals surface area contributed by atoms with Crippen LogP contribution in [0.4, 0.5) is 5.69 Å². The number of amides is 4. The van der Waals surface area contributed by atoms with E-state index in [9.17, 15) is 38.4 Å². The molecular formula is C110H98BrN25O9. The summed E-state index contributed by atoms with van der Waals surface area (Å²) in [7, 11) is 5.18. The van der Waals surface area contributed by atoms with E-state index < -0.39 is 24.2 Å². The molecule has 8 aromatic carbocycles. The minimum Gasteiger partial charge on any atom is -0.496 e. The van der Waals surface area contributed by atoms with Gasteiger partial charge in [-0.25, -0.2) is 38.0 Å². The van der Waals surface area contributed by atoms with Gasteiger partial charge in [-0.05, 0) is 202 Å². The highest BCUT2D eigenvalue weighted by Gasteiger charge is 2.32. The van der Waals surface area contributed by atoms with Gasteiger partial charge >= 0.3 is 0 Å². The quantitative estimate of drug-likeness (QED) is 0.0413. The summed E-state index contributed by atoms with van der Waals surface area (Å²) < 4.78 is 20.9. The molecule has 14 aromatic heterocycles. The smallest absolute Gasteiger partial charge is 0.267 e. The van der Waals surface area contributed by atoms with Crippen LogP contribution in [0.3, 0.4) is 0 Å². The third-order valence-electron chi connectivity index (χ3n) is 25.0. The van der Waals surface area contributed by atoms with Crippen molar-refractivity contribution in [2.24, 2.45) is 7.05 Å². The molecule has 0 bridgehead atoms. The molecule has 0 radical (unpaired) electrons. The van der Waals surface area contributed by atoms with Gasteiger partial charge in [-0.15, -0.1) is 0 Å². The largest absolute Gasteiger partial charge is 0.496 e. The molecule has 0 spiro atoms. The van der Waals surface area contributed by atoms with E-state index in [2.05, 4.69) is 98.1 Å². The molecule has 22 aromatic rings. The number of halogens is 1. The summed E-state index contributed by atoms with van der Waals surface area (Å²) in [6, 6.07) is 73.0. The number of methoxy groups -OCH3 is 1. The van der Waals surface area contributed by atoms with Gasteiger partial charge in [-0.1, -0.05) is 141 Å². The van der Waals surface area contributed by atoms with Gasteiger partial charge in [-0.3, -0.25) is 66.4 Å². The molecule has 0 aliphatic heterocycles. The second-order valence-electron chi connectivity index (χ2n) is 34.3. The number of aromatic nitrogens is 20. The van der Waals surface area contributed by atoms with E-state index in [0.717, 1.165) is 49.9 Å². The molecule has 34 nitrogen and oxygen atoms in total. The van der Waals surface area contributed by atoms with Crippen molar-refractivity contribution in [1.82, 2.24) is 118 Å². The number of pyridine rings is 4. The van der Waals surface area contributed by atoms with Crippen molar-refractivity contribution in [3.63, 3.8) is 0 Å². The molecule has 145 heavy (non-hydrogen) atoms. The predicted octanol–water partition coefficient (Wildman–Crippen LogP) is 17.6. The summed E-state index contributed by atoms with van der Waals surface area (Å²) in [6.07, 6.45) is 18.8. The van der Waals surface area contributed by atoms with Crippen LogP contribution in [0, 0.1) is 27.7 Å². The Morgan fingerprint density at radius 3 is 1.12 bits per heavy atom. The molecule has 14 heterocycles. The topological polar surface area (TPSA) is 393 Å². The number of H-pyrrole nitrogens is 1. The van der Waals surface area contributed by atoms with Gasteiger partial charge in [-0.2, -0.15) is 30.6 Å². The number of carbonyl (C=O) groups is 4. The lowest BCUT2D eigenvalue weighted by Gasteiger charge is -2.23. The van der Waals surface area contributed by atoms with Crippen molar-refractivity contribution in [3.8, 4) is 50.9 Å². The van der Waals surface area contributed by atoms with E-state index in [1.807, 2.05) is 253 Å². The number of para-hydroxylation sites is 4. The number of hydrogen-bond acceptors (Lipinski definition) is 20. The molecule has 0 aliphatic rings. The summed E-state index contributed by atoms with van der Waals surface area (Å²) in [6.45, 7) is 14.6. The lowest BCUT2D eigenvalue weighted by atomic mass is 9.99. The van der Waals surface area contributed by atoms with Crippen LogP contribution in [0.25, 0.3) is 111 Å². The van der Waals surface area contributed by atoms with Crippen LogP contribution in [-0.4, -0.2) is 134 Å². The van der Waals surface area contributed by atoms with Gasteiger partial charge in [0.15, 0.2) is 22.6 Å². The maximum atomic E-state index is 14.2. The van der Waals surface area contributed by atoms with Gasteiger partial charge in [0.1, 0.15) is 28.0 Å². The Balaban J connectivity index is 0.000000127. The van der Waals surface area contributed by atoms with E-state index in [4.69, 9.17) is 4.74 Å². The van der Waals surface area contributed by atoms with Crippen molar-refractivity contribution in [1.29, 1.82) is 0 Å². The highest BCUT2D eigenvalue weighted by molar-refractivity contribution is 9.10. The third-order valence-corrected chi connectivity index (χ3v) is 25.9. The lowest BCUT2D eigenvalue weighted by molar-refractivity contribution is 0.0931. The standard InChI is InChI=1S/C29H25N7O2.C28H23N7O2.C26H22BrN5O3.C26H24N6O2.CH4/c1-18(32-28(37)25-19(2)33-35-14-8-13-30-27(25)35)24-15-20-9-7-12-23(21-16-31-34(3)17-21)26(20)29(38)36(24)22-10-5-4-6-11-22;1-17(31-27(36)24-18(2)33-34-15-7-13-29-26(24)34)23-16-19-8-6-11-21(22-12-14-30-32-22)25(19)28(37)35(23)20-9-4-3-5-10-20;1-15-20(24-28-13-8-14-31(24)30-15)25(33)29-16(2)23-22(27)18-11-7-12-19(35-3)21(18)26(34)32(23)17-9-5-4-6-10-17;1-16(29-25(33)22-17(2)30-31-14-8-13-28-24(22)31)21-15-18-9-7-12-20(27-3)23(18)26(34)32(21)19-10-5-4-6-11-19;/h4-18H,1-3H3,(H,32,37);3-17H,1-2H3,(H,30,32)(H,31,36);4-14,16H,1-3H3,(H,29,33);4-16,27H,1-3H3,(H,29,33);1H4/t18-;17-;2*16-;/m0000./s1. The first kappa shape index (κ1) is 96.7. The Bertz CT molecular complexity index is 9000. The van der Waals surface area contributed by atoms with Crippen molar-refractivity contribution in [2.75, 3.05) is 19.5 Å². The van der Waals surface area contributed by atoms with Crippen LogP contribution in [0.5, 0.6) is 5.75 Å². The third kappa shape index (κ3) is 18.5. The number of aryl methyl sites for hydroxylation is 5. The molecule has 4 amide bonds. The first-order chi connectivity index (χ1) is 69.9. The molecule has 0 fully saturated rings. The number of nitrogens with one attached hydrogen (secondary N) is 6. The number of ether oxygens (including phenoxy) is 1. The van der Waals surface area contributed by atoms with Crippen molar-refractivity contribution in [3.05, 3.63) is 425 Å². The molecule has 724 valence electrons. The van der Waals surface area contributed by atoms with Gasteiger partial charge in [0, 0.05) is 143 Å². The summed E-state index contributed by atoms with van der Waals surface area (Å²) in [5.74, 6) is -0.755. The van der Waals surface area contributed by atoms with Crippen molar-refractivity contribution in [2.45, 2.75) is 87.0 Å². The van der Waals surface area contributed by atoms with Crippen LogP contribution < -0.4 is 53.6 Å². The van der Waals surface area contributed by atoms with E-state index >= 15 is 0 Å². The molecule has 0 saturated heterocycles. The summed E-state index contributed by atoms with van der Waals surface area (Å²) in [4.78, 5) is 127. The fourth-order valence-corrected chi connectivity index (χ4v) is 19.3. The van der Waals surface area contributed by atoms with Crippen molar-refractivity contribution < 1.29 is 23.9 Å². The van der Waals surface area contributed by atoms with Crippen LogP contribution in [-0.2, 0) is 7.05 Å². The average Bonchev–Trinajstić information content (AvgIpc) is 1.74. The first-order valence-corrected chi connectivity index (χ1v) is 46.9. The predicted molar refractivity (Wildman–Crippen MR) is 563 cm³/mol. The zero-order chi connectivity index (χ0) is 100. The molecular weight excluding hydrogens is 1900 g/mol. The summed E-state index contributed by atoms with van der Waals surface area (Å²) in [5, 5.41) is 49.5. The van der Waals surface area contributed by atoms with E-state index in [-0.39, 0.29) is 53.3 Å². The normalized spacial score (nSPS) is 12.1. The van der Waals surface area contributed by atoms with Crippen LogP contribution in [0.2, 0.25) is 0 Å². The van der Waals surface area contributed by atoms with E-state index in [1.165, 1.54) is 0 Å². The van der Waals surface area contributed by atoms with E-state index in [0.29, 0.717) is 145 Å². The molecule has 35 heteroatoms. The Morgan fingerprint density at radius 1 is 0.393 bits per heavy atom. The minimum atomic E-state index is -0.543. The number of fused-ring (bicyclic) bond motifs is 8. The Hall–Kier alpha value is -18.5. The number of carbonyl (C=O) groups excluding carboxylic acids is 4. The maximum Gasteiger partial charge on any atom is 0.267 e. The zero-order valence-corrected chi connectivity index (χ0v) is 81.4. The minimum absolute atomic E-state index is 0. The molecule has 22 rings (SSSR count). The second-order valence-corrected chi connectivity index (χ2v) is 35.1. The fourth-order valence-electron chi connectivity index (χ4n) is 18.5. The highest BCUT2D eigenvalue weighted by Crippen LogP contribution is 2.38. The summed E-state index contributed by atoms with van der Waals surface area (Å²) >= 11 is 3.73. The fraction of sp³-hybridized carbons (Fsp3) is 0.145. The van der Waals surface area contributed by atoms with E-state index in [1.54, 1.807) is 175 Å². The average molecular weight is 1990 g/mol. The Labute approximate surface area is 836 Å². The molecule has 6 N–H and O–H groups in total. The van der Waals surface area contributed by atoms with Gasteiger partial charge < -0.3 is 31.3 Å². The molecule has 4 atom stereocenters. The highest BCUT2D eigenvalue weighted by atomic mass is 79.9. The number of anilines is 1. The number of nitrogens with zero attached hydrogens (tertiary/aromatic N) is 19. The number of aromatic amines is 1. The van der Waals surface area contributed by atoms with Gasteiger partial charge in [0.25, 0.3) is 45.9 Å². The first-order valence-electron chi connectivity index (χ1n) is 46.1. The second kappa shape index (κ2) is 41.1. The number of hydrogen-bond donors (Lipinski definition) is 6. The van der Waals surface area contributed by atoms with Gasteiger partial charge in [0.2, 0.25) is 0 Å². The van der Waals surface area contributed by atoms with Crippen LogP contribution >= 0.6 is 15.9 Å².